The summed E-state index contributed by atoms with van der Waals surface area (Å²) in [5.74, 6) is -1.40. The Morgan fingerprint density at radius 1 is 1.03 bits per heavy atom. The summed E-state index contributed by atoms with van der Waals surface area (Å²) in [6, 6.07) is 20.8. The third kappa shape index (κ3) is 6.02. The van der Waals surface area contributed by atoms with E-state index in [0.717, 1.165) is 5.56 Å². The number of carbonyl (C=O) groups excluding carboxylic acids is 1. The van der Waals surface area contributed by atoms with Gasteiger partial charge in [-0.05, 0) is 35.9 Å². The first-order valence-electron chi connectivity index (χ1n) is 11.3. The molecule has 0 aliphatic heterocycles. The number of anilines is 1. The lowest BCUT2D eigenvalue weighted by atomic mass is 10.1. The highest BCUT2D eigenvalue weighted by molar-refractivity contribution is 6.07. The van der Waals surface area contributed by atoms with Crippen LogP contribution in [0.5, 0.6) is 0 Å². The van der Waals surface area contributed by atoms with Crippen LogP contribution in [0.15, 0.2) is 77.6 Å². The lowest BCUT2D eigenvalue weighted by Crippen LogP contribution is -2.33. The second-order valence-electron chi connectivity index (χ2n) is 8.35. The van der Waals surface area contributed by atoms with Crippen molar-refractivity contribution in [2.75, 3.05) is 11.4 Å². The van der Waals surface area contributed by atoms with Crippen LogP contribution in [0.25, 0.3) is 11.0 Å². The van der Waals surface area contributed by atoms with Crippen molar-refractivity contribution in [1.29, 1.82) is 5.41 Å². The van der Waals surface area contributed by atoms with Crippen LogP contribution in [0.4, 0.5) is 5.69 Å². The molecule has 4 N–H and O–H groups in total. The van der Waals surface area contributed by atoms with Gasteiger partial charge in [0, 0.05) is 36.8 Å². The highest BCUT2D eigenvalue weighted by atomic mass is 35.5. The van der Waals surface area contributed by atoms with Gasteiger partial charge in [-0.15, -0.1) is 12.4 Å². The largest absolute Gasteiger partial charge is 0.481 e. The van der Waals surface area contributed by atoms with E-state index in [1.807, 2.05) is 6.07 Å². The third-order valence-corrected chi connectivity index (χ3v) is 5.89. The van der Waals surface area contributed by atoms with Crippen LogP contribution in [0.3, 0.4) is 0 Å². The number of carbonyl (C=O) groups is 2. The van der Waals surface area contributed by atoms with Crippen molar-refractivity contribution in [1.82, 2.24) is 9.55 Å². The van der Waals surface area contributed by atoms with Crippen LogP contribution in [0.1, 0.15) is 33.6 Å². The highest BCUT2D eigenvalue weighted by Crippen LogP contribution is 2.20. The standard InChI is InChI=1S/C27H25N5O4.ClH/c1-31-23-12-11-19(26(35)32(14-13-24(33)34)20-5-3-2-4-6-20)16-21(23)30-22(27(31)36)15-17-7-9-18(10-8-17)25(28)29;/h2-12,16H,13-15H2,1H3,(H3,28,29)(H,33,34);1H. The second kappa shape index (κ2) is 11.5. The SMILES string of the molecule is Cl.Cn1c(=O)c(Cc2ccc(C(=N)N)cc2)nc2cc(C(=O)N(CCC(=O)O)c3ccccc3)ccc21. The van der Waals surface area contributed by atoms with Crippen LogP contribution < -0.4 is 16.2 Å². The molecular formula is C27H26ClN5O4. The minimum Gasteiger partial charge on any atom is -0.481 e. The molecule has 1 aromatic heterocycles. The van der Waals surface area contributed by atoms with Crippen LogP contribution in [-0.4, -0.2) is 38.9 Å². The van der Waals surface area contributed by atoms with E-state index in [1.54, 1.807) is 73.8 Å². The topological polar surface area (TPSA) is 142 Å². The summed E-state index contributed by atoms with van der Waals surface area (Å²) in [6.45, 7) is 0.0123. The van der Waals surface area contributed by atoms with Crippen molar-refractivity contribution < 1.29 is 14.7 Å². The summed E-state index contributed by atoms with van der Waals surface area (Å²) in [6.07, 6.45) is 0.0707. The van der Waals surface area contributed by atoms with Gasteiger partial charge >= 0.3 is 5.97 Å². The van der Waals surface area contributed by atoms with Crippen LogP contribution in [0.2, 0.25) is 0 Å². The van der Waals surface area contributed by atoms with Crippen molar-refractivity contribution >= 4 is 46.8 Å². The average molecular weight is 520 g/mol. The maximum Gasteiger partial charge on any atom is 0.305 e. The van der Waals surface area contributed by atoms with Crippen molar-refractivity contribution in [2.45, 2.75) is 12.8 Å². The van der Waals surface area contributed by atoms with Gasteiger partial charge in [-0.1, -0.05) is 42.5 Å². The number of carboxylic acids is 1. The van der Waals surface area contributed by atoms with Gasteiger partial charge in [0.05, 0.1) is 17.5 Å². The molecule has 1 heterocycles. The van der Waals surface area contributed by atoms with E-state index in [1.165, 1.54) is 9.47 Å². The number of amides is 1. The molecule has 1 amide bonds. The number of halogens is 1. The molecule has 0 spiro atoms. The minimum absolute atomic E-state index is 0. The molecule has 190 valence electrons. The molecule has 0 radical (unpaired) electrons. The van der Waals surface area contributed by atoms with Gasteiger partial charge in [0.15, 0.2) is 0 Å². The molecule has 4 rings (SSSR count). The molecule has 0 fully saturated rings. The number of rotatable bonds is 8. The smallest absolute Gasteiger partial charge is 0.305 e. The summed E-state index contributed by atoms with van der Waals surface area (Å²) in [5, 5.41) is 16.7. The Labute approximate surface area is 219 Å². The molecule has 37 heavy (non-hydrogen) atoms. The van der Waals surface area contributed by atoms with Gasteiger partial charge < -0.3 is 20.3 Å². The van der Waals surface area contributed by atoms with Gasteiger partial charge in [-0.3, -0.25) is 19.8 Å². The normalized spacial score (nSPS) is 10.5. The molecule has 4 aromatic rings. The molecular weight excluding hydrogens is 494 g/mol. The monoisotopic (exact) mass is 519 g/mol. The molecule has 0 unspecified atom stereocenters. The number of hydrogen-bond acceptors (Lipinski definition) is 5. The number of carboxylic acid groups (broad SMARTS) is 1. The van der Waals surface area contributed by atoms with Gasteiger partial charge in [-0.25, -0.2) is 4.98 Å². The van der Waals surface area contributed by atoms with E-state index in [2.05, 4.69) is 4.98 Å². The third-order valence-electron chi connectivity index (χ3n) is 5.89. The van der Waals surface area contributed by atoms with E-state index in [9.17, 15) is 14.4 Å². The molecule has 0 aliphatic carbocycles. The number of nitrogen functional groups attached to an aromatic ring is 1. The first-order valence-corrected chi connectivity index (χ1v) is 11.3. The fourth-order valence-electron chi connectivity index (χ4n) is 3.96. The zero-order valence-corrected chi connectivity index (χ0v) is 20.9. The number of nitrogens with zero attached hydrogens (tertiary/aromatic N) is 3. The Hall–Kier alpha value is -4.50. The number of amidine groups is 1. The Morgan fingerprint density at radius 3 is 2.30 bits per heavy atom. The van der Waals surface area contributed by atoms with Gasteiger partial charge in [-0.2, -0.15) is 0 Å². The lowest BCUT2D eigenvalue weighted by molar-refractivity contribution is -0.136. The highest BCUT2D eigenvalue weighted by Gasteiger charge is 2.20. The number of nitrogens with one attached hydrogen (secondary N) is 1. The predicted octanol–water partition coefficient (Wildman–Crippen LogP) is 3.35. The van der Waals surface area contributed by atoms with Crippen LogP contribution in [-0.2, 0) is 18.3 Å². The Balaban J connectivity index is 0.00000380. The number of aliphatic carboxylic acids is 1. The molecule has 9 nitrogen and oxygen atoms in total. The summed E-state index contributed by atoms with van der Waals surface area (Å²) in [4.78, 5) is 43.5. The number of nitrogens with two attached hydrogens (primary N) is 1. The van der Waals surface area contributed by atoms with Crippen molar-refractivity contribution in [3.63, 3.8) is 0 Å². The minimum atomic E-state index is -1.00. The number of aryl methyl sites for hydroxylation is 1. The summed E-state index contributed by atoms with van der Waals surface area (Å²) in [7, 11) is 1.65. The molecule has 3 aromatic carbocycles. The molecule has 0 saturated heterocycles. The van der Waals surface area contributed by atoms with Crippen LogP contribution >= 0.6 is 12.4 Å². The quantitative estimate of drug-likeness (QED) is 0.241. The zero-order valence-electron chi connectivity index (χ0n) is 20.0. The number of aromatic nitrogens is 2. The number of para-hydroxylation sites is 1. The number of hydrogen-bond donors (Lipinski definition) is 3. The molecule has 0 bridgehead atoms. The summed E-state index contributed by atoms with van der Waals surface area (Å²) < 4.78 is 1.50. The Kier molecular flexibility index (Phi) is 8.41. The molecule has 0 saturated carbocycles. The van der Waals surface area contributed by atoms with Crippen molar-refractivity contribution in [3.05, 3.63) is 106 Å². The van der Waals surface area contributed by atoms with Crippen molar-refractivity contribution in [3.8, 4) is 0 Å². The van der Waals surface area contributed by atoms with Crippen LogP contribution in [0, 0.1) is 5.41 Å². The number of benzene rings is 3. The van der Waals surface area contributed by atoms with E-state index < -0.39 is 5.97 Å². The van der Waals surface area contributed by atoms with E-state index in [0.29, 0.717) is 33.5 Å². The second-order valence-corrected chi connectivity index (χ2v) is 8.35. The summed E-state index contributed by atoms with van der Waals surface area (Å²) >= 11 is 0. The van der Waals surface area contributed by atoms with Crippen molar-refractivity contribution in [2.24, 2.45) is 12.8 Å². The van der Waals surface area contributed by atoms with E-state index >= 15 is 0 Å². The fraction of sp³-hybridized carbons (Fsp3) is 0.148. The zero-order chi connectivity index (χ0) is 25.8. The van der Waals surface area contributed by atoms with E-state index in [-0.39, 0.29) is 49.1 Å². The molecule has 0 aliphatic rings. The first-order chi connectivity index (χ1) is 17.2. The van der Waals surface area contributed by atoms with Gasteiger partial charge in [0.2, 0.25) is 0 Å². The predicted molar refractivity (Wildman–Crippen MR) is 145 cm³/mol. The first kappa shape index (κ1) is 27.1. The van der Waals surface area contributed by atoms with E-state index in [4.69, 9.17) is 16.2 Å². The maximum absolute atomic E-state index is 13.4. The Bertz CT molecular complexity index is 1520. The summed E-state index contributed by atoms with van der Waals surface area (Å²) in [5.41, 5.74) is 8.98. The van der Waals surface area contributed by atoms with Gasteiger partial charge in [0.25, 0.3) is 11.5 Å². The maximum atomic E-state index is 13.4. The average Bonchev–Trinajstić information content (AvgIpc) is 2.87. The number of fused-ring (bicyclic) bond motifs is 1. The Morgan fingerprint density at radius 2 is 1.68 bits per heavy atom. The lowest BCUT2D eigenvalue weighted by Gasteiger charge is -2.22. The molecule has 0 atom stereocenters. The fourth-order valence-corrected chi connectivity index (χ4v) is 3.96. The molecule has 10 heteroatoms. The van der Waals surface area contributed by atoms with Gasteiger partial charge in [0.1, 0.15) is 11.5 Å².